The lowest BCUT2D eigenvalue weighted by atomic mass is 9.95. The number of piperidine rings is 1. The number of aromatic nitrogens is 1. The third-order valence-electron chi connectivity index (χ3n) is 6.42. The molecule has 2 heterocycles. The molecule has 0 spiro atoms. The molecule has 220 valence electrons. The molecule has 1 aromatic heterocycles. The standard InChI is InChI=1S/C29H36N4O7S/c1-6-39-28(36)24-16-23(17-30)26(31-20(24)2)32-14-12-22(13-15-32)27(35)33(18-25(34)40-29(3,4)5)41(37,38)19-21-10-8-7-9-11-21/h7-11,16,22H,6,12-15,18-19H2,1-5H3. The van der Waals surface area contributed by atoms with Crippen LogP contribution >= 0.6 is 0 Å². The number of pyridine rings is 1. The van der Waals surface area contributed by atoms with Crippen molar-refractivity contribution in [3.63, 3.8) is 0 Å². The second kappa shape index (κ2) is 13.1. The molecule has 1 aromatic carbocycles. The predicted octanol–water partition coefficient (Wildman–Crippen LogP) is 3.36. The van der Waals surface area contributed by atoms with E-state index in [1.807, 2.05) is 4.90 Å². The van der Waals surface area contributed by atoms with Gasteiger partial charge in [0.2, 0.25) is 15.9 Å². The number of sulfonamides is 1. The van der Waals surface area contributed by atoms with E-state index in [-0.39, 0.29) is 30.6 Å². The first-order valence-corrected chi connectivity index (χ1v) is 15.0. The minimum absolute atomic E-state index is 0.190. The van der Waals surface area contributed by atoms with E-state index in [1.165, 1.54) is 6.07 Å². The molecule has 0 bridgehead atoms. The van der Waals surface area contributed by atoms with Crippen LogP contribution in [0.3, 0.4) is 0 Å². The zero-order chi connectivity index (χ0) is 30.4. The molecule has 1 amide bonds. The summed E-state index contributed by atoms with van der Waals surface area (Å²) in [5.74, 6) is -2.79. The van der Waals surface area contributed by atoms with E-state index in [0.29, 0.717) is 34.5 Å². The highest BCUT2D eigenvalue weighted by atomic mass is 32.2. The Morgan fingerprint density at radius 1 is 1.15 bits per heavy atom. The van der Waals surface area contributed by atoms with E-state index in [1.54, 1.807) is 65.0 Å². The van der Waals surface area contributed by atoms with Gasteiger partial charge in [-0.25, -0.2) is 22.5 Å². The number of amides is 1. The molecular weight excluding hydrogens is 548 g/mol. The molecule has 2 aromatic rings. The molecule has 1 saturated heterocycles. The van der Waals surface area contributed by atoms with Crippen molar-refractivity contribution in [3.05, 3.63) is 58.8 Å². The first kappa shape index (κ1) is 31.5. The van der Waals surface area contributed by atoms with E-state index < -0.39 is 51.7 Å². The van der Waals surface area contributed by atoms with Crippen LogP contribution in [-0.2, 0) is 34.8 Å². The molecular formula is C29H36N4O7S. The molecule has 0 unspecified atom stereocenters. The molecule has 12 heteroatoms. The summed E-state index contributed by atoms with van der Waals surface area (Å²) >= 11 is 0. The van der Waals surface area contributed by atoms with Gasteiger partial charge in [0.15, 0.2) is 0 Å². The largest absolute Gasteiger partial charge is 0.462 e. The minimum atomic E-state index is -4.20. The van der Waals surface area contributed by atoms with Gasteiger partial charge in [-0.05, 0) is 59.1 Å². The lowest BCUT2D eigenvalue weighted by Gasteiger charge is -2.35. The zero-order valence-corrected chi connectivity index (χ0v) is 24.9. The number of rotatable bonds is 9. The van der Waals surface area contributed by atoms with E-state index in [2.05, 4.69) is 11.1 Å². The van der Waals surface area contributed by atoms with Crippen LogP contribution in [0.2, 0.25) is 0 Å². The smallest absolute Gasteiger partial charge is 0.340 e. The summed E-state index contributed by atoms with van der Waals surface area (Å²) in [4.78, 5) is 44.9. The van der Waals surface area contributed by atoms with Gasteiger partial charge in [-0.1, -0.05) is 30.3 Å². The minimum Gasteiger partial charge on any atom is -0.462 e. The van der Waals surface area contributed by atoms with Gasteiger partial charge >= 0.3 is 11.9 Å². The van der Waals surface area contributed by atoms with Crippen molar-refractivity contribution in [1.82, 2.24) is 9.29 Å². The van der Waals surface area contributed by atoms with Crippen LogP contribution in [0.1, 0.15) is 67.7 Å². The summed E-state index contributed by atoms with van der Waals surface area (Å²) < 4.78 is 37.9. The number of aryl methyl sites for hydroxylation is 1. The number of hydrogen-bond donors (Lipinski definition) is 0. The van der Waals surface area contributed by atoms with E-state index in [9.17, 15) is 28.1 Å². The van der Waals surface area contributed by atoms with Crippen molar-refractivity contribution in [3.8, 4) is 6.07 Å². The Bertz CT molecular complexity index is 1420. The molecule has 11 nitrogen and oxygen atoms in total. The Morgan fingerprint density at radius 2 is 1.78 bits per heavy atom. The average molecular weight is 585 g/mol. The Kier molecular flexibility index (Phi) is 10.1. The second-order valence-electron chi connectivity index (χ2n) is 10.8. The summed E-state index contributed by atoms with van der Waals surface area (Å²) in [6.45, 7) is 8.42. The van der Waals surface area contributed by atoms with E-state index in [0.717, 1.165) is 0 Å². The average Bonchev–Trinajstić information content (AvgIpc) is 2.90. The molecule has 0 N–H and O–H groups in total. The maximum absolute atomic E-state index is 13.6. The van der Waals surface area contributed by atoms with Crippen molar-refractivity contribution in [2.24, 2.45) is 5.92 Å². The van der Waals surface area contributed by atoms with Crippen LogP contribution in [-0.4, -0.2) is 67.4 Å². The molecule has 1 aliphatic rings. The number of anilines is 1. The van der Waals surface area contributed by atoms with Gasteiger partial charge in [0, 0.05) is 19.0 Å². The third-order valence-corrected chi connectivity index (χ3v) is 8.10. The van der Waals surface area contributed by atoms with Crippen LogP contribution in [0, 0.1) is 24.2 Å². The fraction of sp³-hybridized carbons (Fsp3) is 0.483. The third kappa shape index (κ3) is 8.27. The Hall–Kier alpha value is -3.98. The Balaban J connectivity index is 1.81. The Morgan fingerprint density at radius 3 is 2.34 bits per heavy atom. The van der Waals surface area contributed by atoms with Gasteiger partial charge in [0.25, 0.3) is 0 Å². The monoisotopic (exact) mass is 584 g/mol. The number of esters is 2. The zero-order valence-electron chi connectivity index (χ0n) is 24.0. The molecule has 1 aliphatic heterocycles. The normalized spacial score (nSPS) is 14.2. The number of carbonyl (C=O) groups is 3. The van der Waals surface area contributed by atoms with Gasteiger partial charge in [-0.15, -0.1) is 0 Å². The van der Waals surface area contributed by atoms with Gasteiger partial charge in [0.05, 0.1) is 29.2 Å². The first-order valence-electron chi connectivity index (χ1n) is 13.4. The summed E-state index contributed by atoms with van der Waals surface area (Å²) in [6.07, 6.45) is 0.547. The van der Waals surface area contributed by atoms with Crippen LogP contribution in [0.5, 0.6) is 0 Å². The summed E-state index contributed by atoms with van der Waals surface area (Å²) in [5, 5.41) is 9.72. The fourth-order valence-electron chi connectivity index (χ4n) is 4.54. The predicted molar refractivity (Wildman–Crippen MR) is 151 cm³/mol. The Labute approximate surface area is 241 Å². The van der Waals surface area contributed by atoms with E-state index >= 15 is 0 Å². The quantitative estimate of drug-likeness (QED) is 0.402. The number of ether oxygens (including phenoxy) is 2. The van der Waals surface area contributed by atoms with Gasteiger partial charge in [-0.3, -0.25) is 9.59 Å². The topological polar surface area (TPSA) is 147 Å². The molecule has 0 radical (unpaired) electrons. The molecule has 0 atom stereocenters. The fourth-order valence-corrected chi connectivity index (χ4v) is 6.04. The van der Waals surface area contributed by atoms with Crippen molar-refractivity contribution in [1.29, 1.82) is 5.26 Å². The lowest BCUT2D eigenvalue weighted by molar-refractivity contribution is -0.157. The van der Waals surface area contributed by atoms with E-state index in [4.69, 9.17) is 9.47 Å². The van der Waals surface area contributed by atoms with Crippen LogP contribution in [0.4, 0.5) is 5.82 Å². The van der Waals surface area contributed by atoms with Gasteiger partial charge in [0.1, 0.15) is 24.0 Å². The van der Waals surface area contributed by atoms with Crippen molar-refractivity contribution < 1.29 is 32.3 Å². The molecule has 0 saturated carbocycles. The number of hydrogen-bond acceptors (Lipinski definition) is 10. The molecule has 3 rings (SSSR count). The van der Waals surface area contributed by atoms with Crippen molar-refractivity contribution in [2.75, 3.05) is 31.1 Å². The highest BCUT2D eigenvalue weighted by Gasteiger charge is 2.37. The maximum Gasteiger partial charge on any atom is 0.340 e. The molecule has 1 fully saturated rings. The first-order chi connectivity index (χ1) is 19.3. The van der Waals surface area contributed by atoms with Crippen molar-refractivity contribution in [2.45, 2.75) is 58.8 Å². The lowest BCUT2D eigenvalue weighted by Crippen LogP contribution is -2.48. The highest BCUT2D eigenvalue weighted by Crippen LogP contribution is 2.28. The SMILES string of the molecule is CCOC(=O)c1cc(C#N)c(N2CCC(C(=O)N(CC(=O)OC(C)(C)C)S(=O)(=O)Cc3ccccc3)CC2)nc1C. The summed E-state index contributed by atoms with van der Waals surface area (Å²) in [5.41, 5.74) is 0.443. The van der Waals surface area contributed by atoms with Crippen LogP contribution < -0.4 is 4.90 Å². The van der Waals surface area contributed by atoms with Crippen LogP contribution in [0.15, 0.2) is 36.4 Å². The molecule has 0 aliphatic carbocycles. The number of nitriles is 1. The second-order valence-corrected chi connectivity index (χ2v) is 12.7. The summed E-state index contributed by atoms with van der Waals surface area (Å²) in [7, 11) is -4.20. The van der Waals surface area contributed by atoms with Gasteiger partial charge < -0.3 is 14.4 Å². The number of carbonyl (C=O) groups excluding carboxylic acids is 3. The molecule has 41 heavy (non-hydrogen) atoms. The number of benzene rings is 1. The number of nitrogens with zero attached hydrogens (tertiary/aromatic N) is 4. The van der Waals surface area contributed by atoms with Crippen LogP contribution in [0.25, 0.3) is 0 Å². The maximum atomic E-state index is 13.6. The summed E-state index contributed by atoms with van der Waals surface area (Å²) in [6, 6.07) is 12.0. The van der Waals surface area contributed by atoms with Crippen molar-refractivity contribution >= 4 is 33.7 Å². The highest BCUT2D eigenvalue weighted by molar-refractivity contribution is 7.88. The van der Waals surface area contributed by atoms with Gasteiger partial charge in [-0.2, -0.15) is 5.26 Å².